The summed E-state index contributed by atoms with van der Waals surface area (Å²) in [6, 6.07) is 7.67. The summed E-state index contributed by atoms with van der Waals surface area (Å²) in [5.74, 6) is 0.712. The van der Waals surface area contributed by atoms with Crippen molar-refractivity contribution in [3.63, 3.8) is 0 Å². The van der Waals surface area contributed by atoms with Crippen LogP contribution in [0, 0.1) is 0 Å². The lowest BCUT2D eigenvalue weighted by Crippen LogP contribution is -2.44. The maximum absolute atomic E-state index is 13.1. The Morgan fingerprint density at radius 2 is 2.04 bits per heavy atom. The monoisotopic (exact) mass is 335 g/mol. The van der Waals surface area contributed by atoms with Crippen molar-refractivity contribution < 1.29 is 9.53 Å². The smallest absolute Gasteiger partial charge is 0.257 e. The standard InChI is InChI=1S/C18H17N5O2/c24-18(15-7-20-12-21-8-15)23-9-14-3-1-2-4-17(14)25-11-16(23)10-22-6-5-19-13-22/h1-8,12-13,16H,9-11H2. The Kier molecular flexibility index (Phi) is 4.12. The number of carbonyl (C=O) groups excluding carboxylic acids is 1. The van der Waals surface area contributed by atoms with Crippen LogP contribution in [0.4, 0.5) is 0 Å². The highest BCUT2D eigenvalue weighted by molar-refractivity contribution is 5.93. The van der Waals surface area contributed by atoms with Gasteiger partial charge < -0.3 is 14.2 Å². The number of hydrogen-bond donors (Lipinski definition) is 0. The number of para-hydroxylation sites is 1. The van der Waals surface area contributed by atoms with E-state index < -0.39 is 0 Å². The fourth-order valence-corrected chi connectivity index (χ4v) is 2.97. The van der Waals surface area contributed by atoms with E-state index >= 15 is 0 Å². The maximum atomic E-state index is 13.1. The van der Waals surface area contributed by atoms with Gasteiger partial charge in [0.05, 0.1) is 24.5 Å². The molecule has 0 fully saturated rings. The molecular weight excluding hydrogens is 318 g/mol. The van der Waals surface area contributed by atoms with Crippen molar-refractivity contribution in [3.8, 4) is 5.75 Å². The molecule has 7 nitrogen and oxygen atoms in total. The predicted octanol–water partition coefficient (Wildman–Crippen LogP) is 1.78. The van der Waals surface area contributed by atoms with E-state index in [9.17, 15) is 4.79 Å². The number of aromatic nitrogens is 4. The van der Waals surface area contributed by atoms with Gasteiger partial charge in [-0.15, -0.1) is 0 Å². The molecule has 0 N–H and O–H groups in total. The minimum absolute atomic E-state index is 0.106. The van der Waals surface area contributed by atoms with E-state index in [2.05, 4.69) is 15.0 Å². The van der Waals surface area contributed by atoms with Gasteiger partial charge in [-0.2, -0.15) is 0 Å². The maximum Gasteiger partial charge on any atom is 0.257 e. The van der Waals surface area contributed by atoms with Gasteiger partial charge in [-0.3, -0.25) is 4.79 Å². The first-order valence-electron chi connectivity index (χ1n) is 8.03. The molecule has 1 aliphatic heterocycles. The van der Waals surface area contributed by atoms with Gasteiger partial charge in [-0.05, 0) is 6.07 Å². The Balaban J connectivity index is 1.67. The molecule has 0 bridgehead atoms. The Morgan fingerprint density at radius 3 is 2.84 bits per heavy atom. The molecule has 7 heteroatoms. The summed E-state index contributed by atoms with van der Waals surface area (Å²) in [5.41, 5.74) is 1.46. The van der Waals surface area contributed by atoms with Crippen molar-refractivity contribution in [2.45, 2.75) is 19.1 Å². The SMILES string of the molecule is O=C(c1cncnc1)N1Cc2ccccc2OCC1Cn1ccnc1. The highest BCUT2D eigenvalue weighted by Gasteiger charge is 2.29. The second-order valence-electron chi connectivity index (χ2n) is 5.89. The molecule has 1 aromatic carbocycles. The fraction of sp³-hybridized carbons (Fsp3) is 0.222. The number of ether oxygens (including phenoxy) is 1. The summed E-state index contributed by atoms with van der Waals surface area (Å²) in [6.07, 6.45) is 9.85. The Labute approximate surface area is 144 Å². The van der Waals surface area contributed by atoms with Crippen molar-refractivity contribution in [1.82, 2.24) is 24.4 Å². The topological polar surface area (TPSA) is 73.1 Å². The van der Waals surface area contributed by atoms with E-state index in [0.717, 1.165) is 11.3 Å². The van der Waals surface area contributed by atoms with Gasteiger partial charge in [0.1, 0.15) is 18.7 Å². The first kappa shape index (κ1) is 15.3. The predicted molar refractivity (Wildman–Crippen MR) is 89.9 cm³/mol. The molecule has 1 unspecified atom stereocenters. The van der Waals surface area contributed by atoms with Crippen LogP contribution < -0.4 is 4.74 Å². The van der Waals surface area contributed by atoms with Crippen LogP contribution in [0.15, 0.2) is 61.7 Å². The summed E-state index contributed by atoms with van der Waals surface area (Å²) in [5, 5.41) is 0. The van der Waals surface area contributed by atoms with Gasteiger partial charge in [0, 0.05) is 36.9 Å². The Morgan fingerprint density at radius 1 is 1.20 bits per heavy atom. The quantitative estimate of drug-likeness (QED) is 0.729. The van der Waals surface area contributed by atoms with Gasteiger partial charge in [-0.1, -0.05) is 18.2 Å². The minimum atomic E-state index is -0.130. The highest BCUT2D eigenvalue weighted by Crippen LogP contribution is 2.26. The first-order valence-corrected chi connectivity index (χ1v) is 8.03. The molecule has 3 heterocycles. The number of carbonyl (C=O) groups is 1. The average Bonchev–Trinajstić information content (AvgIpc) is 3.10. The normalized spacial score (nSPS) is 16.6. The van der Waals surface area contributed by atoms with Crippen LogP contribution in [0.3, 0.4) is 0 Å². The van der Waals surface area contributed by atoms with E-state index in [1.165, 1.54) is 6.33 Å². The van der Waals surface area contributed by atoms with E-state index in [0.29, 0.717) is 25.3 Å². The van der Waals surface area contributed by atoms with E-state index in [1.807, 2.05) is 39.9 Å². The Bertz CT molecular complexity index is 851. The fourth-order valence-electron chi connectivity index (χ4n) is 2.97. The number of nitrogens with zero attached hydrogens (tertiary/aromatic N) is 5. The second kappa shape index (κ2) is 6.72. The lowest BCUT2D eigenvalue weighted by atomic mass is 10.1. The molecule has 0 spiro atoms. The Hall–Kier alpha value is -3.22. The third kappa shape index (κ3) is 3.21. The van der Waals surface area contributed by atoms with Crippen molar-refractivity contribution in [2.24, 2.45) is 0 Å². The zero-order valence-electron chi connectivity index (χ0n) is 13.5. The number of fused-ring (bicyclic) bond motifs is 1. The van der Waals surface area contributed by atoms with Crippen LogP contribution in [-0.2, 0) is 13.1 Å². The molecule has 3 aromatic rings. The van der Waals surface area contributed by atoms with Gasteiger partial charge in [-0.25, -0.2) is 15.0 Å². The van der Waals surface area contributed by atoms with Crippen LogP contribution in [-0.4, -0.2) is 43.0 Å². The second-order valence-corrected chi connectivity index (χ2v) is 5.89. The van der Waals surface area contributed by atoms with Crippen LogP contribution >= 0.6 is 0 Å². The van der Waals surface area contributed by atoms with E-state index in [4.69, 9.17) is 4.74 Å². The summed E-state index contributed by atoms with van der Waals surface area (Å²) >= 11 is 0. The number of imidazole rings is 1. The third-order valence-electron chi connectivity index (χ3n) is 4.23. The third-order valence-corrected chi connectivity index (χ3v) is 4.23. The first-order chi connectivity index (χ1) is 12.3. The van der Waals surface area contributed by atoms with Crippen LogP contribution in [0.5, 0.6) is 5.75 Å². The zero-order valence-corrected chi connectivity index (χ0v) is 13.5. The van der Waals surface area contributed by atoms with Gasteiger partial charge >= 0.3 is 0 Å². The molecule has 2 aromatic heterocycles. The summed E-state index contributed by atoms with van der Waals surface area (Å²) in [7, 11) is 0. The molecular formula is C18H17N5O2. The molecule has 0 radical (unpaired) electrons. The number of hydrogen-bond acceptors (Lipinski definition) is 5. The lowest BCUT2D eigenvalue weighted by Gasteiger charge is -2.29. The number of benzene rings is 1. The summed E-state index contributed by atoms with van der Waals surface area (Å²) in [4.78, 5) is 26.9. The molecule has 0 aliphatic carbocycles. The number of rotatable bonds is 3. The van der Waals surface area contributed by atoms with Crippen molar-refractivity contribution in [1.29, 1.82) is 0 Å². The van der Waals surface area contributed by atoms with Gasteiger partial charge in [0.2, 0.25) is 0 Å². The number of amides is 1. The minimum Gasteiger partial charge on any atom is -0.491 e. The average molecular weight is 335 g/mol. The largest absolute Gasteiger partial charge is 0.491 e. The molecule has 1 amide bonds. The van der Waals surface area contributed by atoms with Crippen LogP contribution in [0.1, 0.15) is 15.9 Å². The molecule has 4 rings (SSSR count). The molecule has 25 heavy (non-hydrogen) atoms. The van der Waals surface area contributed by atoms with Crippen molar-refractivity contribution in [2.75, 3.05) is 6.61 Å². The molecule has 126 valence electrons. The molecule has 1 aliphatic rings. The van der Waals surface area contributed by atoms with Gasteiger partial charge in [0.25, 0.3) is 5.91 Å². The van der Waals surface area contributed by atoms with Crippen LogP contribution in [0.2, 0.25) is 0 Å². The molecule has 0 saturated carbocycles. The summed E-state index contributed by atoms with van der Waals surface area (Å²) in [6.45, 7) is 1.49. The summed E-state index contributed by atoms with van der Waals surface area (Å²) < 4.78 is 7.92. The van der Waals surface area contributed by atoms with Crippen molar-refractivity contribution >= 4 is 5.91 Å². The molecule has 0 saturated heterocycles. The van der Waals surface area contributed by atoms with Crippen LogP contribution in [0.25, 0.3) is 0 Å². The lowest BCUT2D eigenvalue weighted by molar-refractivity contribution is 0.0597. The van der Waals surface area contributed by atoms with Gasteiger partial charge in [0.15, 0.2) is 0 Å². The van der Waals surface area contributed by atoms with Crippen molar-refractivity contribution in [3.05, 3.63) is 72.8 Å². The molecule has 1 atom stereocenters. The highest BCUT2D eigenvalue weighted by atomic mass is 16.5. The van der Waals surface area contributed by atoms with E-state index in [1.54, 1.807) is 24.9 Å². The zero-order chi connectivity index (χ0) is 17.1. The van der Waals surface area contributed by atoms with E-state index in [-0.39, 0.29) is 11.9 Å².